The van der Waals surface area contributed by atoms with Crippen LogP contribution in [0.25, 0.3) is 0 Å². The van der Waals surface area contributed by atoms with E-state index in [1.54, 1.807) is 18.4 Å². The molecule has 0 bridgehead atoms. The van der Waals surface area contributed by atoms with Crippen molar-refractivity contribution in [3.05, 3.63) is 22.4 Å². The van der Waals surface area contributed by atoms with E-state index in [4.69, 9.17) is 14.2 Å². The van der Waals surface area contributed by atoms with Gasteiger partial charge in [-0.3, -0.25) is 0 Å². The van der Waals surface area contributed by atoms with Gasteiger partial charge in [0.1, 0.15) is 0 Å². The van der Waals surface area contributed by atoms with Crippen molar-refractivity contribution in [1.29, 1.82) is 0 Å². The Kier molecular flexibility index (Phi) is 9.17. The van der Waals surface area contributed by atoms with Gasteiger partial charge in [0, 0.05) is 20.2 Å². The number of methoxy groups -OCH3 is 1. The Morgan fingerprint density at radius 3 is 2.59 bits per heavy atom. The fourth-order valence-corrected chi connectivity index (χ4v) is 1.90. The van der Waals surface area contributed by atoms with Gasteiger partial charge in [0.25, 0.3) is 0 Å². The fourth-order valence-electron chi connectivity index (χ4n) is 1.23. The van der Waals surface area contributed by atoms with Crippen LogP contribution in [-0.4, -0.2) is 46.7 Å². The highest BCUT2D eigenvalue weighted by Gasteiger charge is 1.93. The zero-order chi connectivity index (χ0) is 12.2. The molecule has 0 unspecified atom stereocenters. The monoisotopic (exact) mass is 259 g/mol. The minimum absolute atomic E-state index is 0.633. The Balaban J connectivity index is 1.76. The van der Waals surface area contributed by atoms with Gasteiger partial charge in [-0.25, -0.2) is 0 Å². The summed E-state index contributed by atoms with van der Waals surface area (Å²) in [6.07, 6.45) is 0. The van der Waals surface area contributed by atoms with Crippen molar-refractivity contribution < 1.29 is 14.2 Å². The first kappa shape index (κ1) is 14.6. The predicted octanol–water partition coefficient (Wildman–Crippen LogP) is 1.52. The molecule has 0 aliphatic heterocycles. The van der Waals surface area contributed by atoms with Crippen molar-refractivity contribution in [2.24, 2.45) is 0 Å². The molecule has 0 amide bonds. The van der Waals surface area contributed by atoms with Crippen LogP contribution >= 0.6 is 11.3 Å². The molecular formula is C12H21NO3S. The Morgan fingerprint density at radius 1 is 1.12 bits per heavy atom. The van der Waals surface area contributed by atoms with E-state index in [0.29, 0.717) is 26.4 Å². The lowest BCUT2D eigenvalue weighted by Crippen LogP contribution is -2.20. The quantitative estimate of drug-likeness (QED) is 0.612. The molecule has 0 aromatic carbocycles. The van der Waals surface area contributed by atoms with Crippen LogP contribution in [0, 0.1) is 0 Å². The molecule has 1 rings (SSSR count). The first-order valence-corrected chi connectivity index (χ1v) is 6.74. The third kappa shape index (κ3) is 8.29. The predicted molar refractivity (Wildman–Crippen MR) is 69.5 cm³/mol. The van der Waals surface area contributed by atoms with Crippen LogP contribution < -0.4 is 5.32 Å². The van der Waals surface area contributed by atoms with E-state index < -0.39 is 0 Å². The zero-order valence-corrected chi connectivity index (χ0v) is 11.1. The topological polar surface area (TPSA) is 39.7 Å². The molecule has 5 heteroatoms. The lowest BCUT2D eigenvalue weighted by Gasteiger charge is -2.06. The third-order valence-corrected chi connectivity index (χ3v) is 2.87. The number of hydrogen-bond acceptors (Lipinski definition) is 5. The lowest BCUT2D eigenvalue weighted by atomic mass is 10.3. The molecule has 17 heavy (non-hydrogen) atoms. The lowest BCUT2D eigenvalue weighted by molar-refractivity contribution is 0.0255. The van der Waals surface area contributed by atoms with Crippen LogP contribution in [-0.2, 0) is 20.8 Å². The van der Waals surface area contributed by atoms with Crippen LogP contribution in [0.4, 0.5) is 0 Å². The van der Waals surface area contributed by atoms with Gasteiger partial charge in [0.2, 0.25) is 0 Å². The summed E-state index contributed by atoms with van der Waals surface area (Å²) in [6, 6.07) is 2.13. The molecule has 0 radical (unpaired) electrons. The van der Waals surface area contributed by atoms with Gasteiger partial charge in [-0.05, 0) is 22.4 Å². The minimum atomic E-state index is 0.633. The molecule has 1 N–H and O–H groups in total. The van der Waals surface area contributed by atoms with Crippen LogP contribution in [0.15, 0.2) is 16.8 Å². The zero-order valence-electron chi connectivity index (χ0n) is 10.3. The SMILES string of the molecule is COCCOCCOCCNCc1ccsc1. The maximum Gasteiger partial charge on any atom is 0.0701 e. The van der Waals surface area contributed by atoms with E-state index in [2.05, 4.69) is 22.1 Å². The summed E-state index contributed by atoms with van der Waals surface area (Å²) in [5.74, 6) is 0. The Hall–Kier alpha value is -0.460. The average Bonchev–Trinajstić information content (AvgIpc) is 2.85. The summed E-state index contributed by atoms with van der Waals surface area (Å²) >= 11 is 1.72. The van der Waals surface area contributed by atoms with E-state index in [9.17, 15) is 0 Å². The molecule has 4 nitrogen and oxygen atoms in total. The maximum atomic E-state index is 5.41. The van der Waals surface area contributed by atoms with Crippen molar-refractivity contribution >= 4 is 11.3 Å². The van der Waals surface area contributed by atoms with Gasteiger partial charge in [0.15, 0.2) is 0 Å². The second kappa shape index (κ2) is 10.7. The van der Waals surface area contributed by atoms with Gasteiger partial charge >= 0.3 is 0 Å². The summed E-state index contributed by atoms with van der Waals surface area (Å²) in [5.41, 5.74) is 1.33. The van der Waals surface area contributed by atoms with Crippen molar-refractivity contribution in [1.82, 2.24) is 5.32 Å². The number of thiophene rings is 1. The summed E-state index contributed by atoms with van der Waals surface area (Å²) in [5, 5.41) is 7.56. The Morgan fingerprint density at radius 2 is 1.88 bits per heavy atom. The van der Waals surface area contributed by atoms with Crippen molar-refractivity contribution in [2.75, 3.05) is 46.7 Å². The molecule has 1 aromatic heterocycles. The second-order valence-corrected chi connectivity index (χ2v) is 4.31. The van der Waals surface area contributed by atoms with Crippen LogP contribution in [0.3, 0.4) is 0 Å². The van der Waals surface area contributed by atoms with Gasteiger partial charge in [-0.15, -0.1) is 0 Å². The summed E-state index contributed by atoms with van der Waals surface area (Å²) in [6.45, 7) is 5.05. The Labute approximate surface area is 107 Å². The largest absolute Gasteiger partial charge is 0.382 e. The molecular weight excluding hydrogens is 238 g/mol. The molecule has 0 saturated carbocycles. The minimum Gasteiger partial charge on any atom is -0.382 e. The van der Waals surface area contributed by atoms with Crippen LogP contribution in [0.5, 0.6) is 0 Å². The van der Waals surface area contributed by atoms with Gasteiger partial charge in [-0.1, -0.05) is 0 Å². The molecule has 0 aliphatic carbocycles. The highest BCUT2D eigenvalue weighted by molar-refractivity contribution is 7.07. The average molecular weight is 259 g/mol. The third-order valence-electron chi connectivity index (χ3n) is 2.14. The van der Waals surface area contributed by atoms with E-state index in [1.807, 2.05) is 0 Å². The smallest absolute Gasteiger partial charge is 0.0701 e. The summed E-state index contributed by atoms with van der Waals surface area (Å²) in [7, 11) is 1.67. The highest BCUT2D eigenvalue weighted by Crippen LogP contribution is 2.04. The summed E-state index contributed by atoms with van der Waals surface area (Å²) in [4.78, 5) is 0. The van der Waals surface area contributed by atoms with E-state index in [-0.39, 0.29) is 0 Å². The number of rotatable bonds is 11. The van der Waals surface area contributed by atoms with Crippen molar-refractivity contribution in [2.45, 2.75) is 6.54 Å². The number of hydrogen-bond donors (Lipinski definition) is 1. The van der Waals surface area contributed by atoms with Gasteiger partial charge in [-0.2, -0.15) is 11.3 Å². The molecule has 0 aliphatic rings. The molecule has 0 atom stereocenters. The van der Waals surface area contributed by atoms with Gasteiger partial charge < -0.3 is 19.5 Å². The first-order valence-electron chi connectivity index (χ1n) is 5.79. The summed E-state index contributed by atoms with van der Waals surface area (Å²) < 4.78 is 15.5. The van der Waals surface area contributed by atoms with Crippen molar-refractivity contribution in [3.63, 3.8) is 0 Å². The van der Waals surface area contributed by atoms with Crippen LogP contribution in [0.1, 0.15) is 5.56 Å². The normalized spacial score (nSPS) is 10.9. The fraction of sp³-hybridized carbons (Fsp3) is 0.667. The molecule has 0 spiro atoms. The van der Waals surface area contributed by atoms with Gasteiger partial charge in [0.05, 0.1) is 33.0 Å². The molecule has 0 fully saturated rings. The number of ether oxygens (including phenoxy) is 3. The van der Waals surface area contributed by atoms with Crippen molar-refractivity contribution in [3.8, 4) is 0 Å². The van der Waals surface area contributed by atoms with E-state index in [1.165, 1.54) is 5.56 Å². The maximum absolute atomic E-state index is 5.41. The van der Waals surface area contributed by atoms with Crippen LogP contribution in [0.2, 0.25) is 0 Å². The number of nitrogens with one attached hydrogen (secondary N) is 1. The molecule has 98 valence electrons. The van der Waals surface area contributed by atoms with E-state index >= 15 is 0 Å². The first-order chi connectivity index (χ1) is 8.43. The molecule has 0 saturated heterocycles. The highest BCUT2D eigenvalue weighted by atomic mass is 32.1. The van der Waals surface area contributed by atoms with E-state index in [0.717, 1.165) is 19.7 Å². The standard InChI is InChI=1S/C12H21NO3S/c1-14-5-6-16-8-7-15-4-3-13-10-12-2-9-17-11-12/h2,9,11,13H,3-8,10H2,1H3. The molecule has 1 aromatic rings. The second-order valence-electron chi connectivity index (χ2n) is 3.53. The molecule has 1 heterocycles. The Bertz CT molecular complexity index is 254.